The molecule has 0 saturated heterocycles. The van der Waals surface area contributed by atoms with E-state index in [-0.39, 0.29) is 17.6 Å². The fraction of sp³-hybridized carbons (Fsp3) is 0.667. The van der Waals surface area contributed by atoms with Gasteiger partial charge in [0, 0.05) is 29.6 Å². The van der Waals surface area contributed by atoms with Crippen LogP contribution in [0, 0.1) is 6.92 Å². The summed E-state index contributed by atoms with van der Waals surface area (Å²) in [7, 11) is -3.59. The van der Waals surface area contributed by atoms with Gasteiger partial charge in [-0.2, -0.15) is 16.9 Å². The van der Waals surface area contributed by atoms with Gasteiger partial charge in [0.1, 0.15) is 0 Å². The van der Waals surface area contributed by atoms with E-state index in [2.05, 4.69) is 14.9 Å². The lowest BCUT2D eigenvalue weighted by atomic mass is 10.3. The third-order valence-electron chi connectivity index (χ3n) is 2.27. The highest BCUT2D eigenvalue weighted by Crippen LogP contribution is 2.15. The SMILES string of the molecule is CSCC(C)NS(=O)(=O)c1n[nH]c(C)c1CN. The zero-order valence-corrected chi connectivity index (χ0v) is 11.8. The minimum absolute atomic E-state index is 0.00505. The molecule has 0 aliphatic carbocycles. The van der Waals surface area contributed by atoms with Crippen molar-refractivity contribution >= 4 is 21.8 Å². The first-order chi connectivity index (χ1) is 7.92. The molecule has 1 unspecified atom stereocenters. The molecule has 1 rings (SSSR count). The quantitative estimate of drug-likeness (QED) is 0.690. The van der Waals surface area contributed by atoms with Gasteiger partial charge in [-0.25, -0.2) is 13.1 Å². The Morgan fingerprint density at radius 1 is 1.59 bits per heavy atom. The predicted octanol–water partition coefficient (Wildman–Crippen LogP) is 0.207. The molecule has 0 aliphatic heterocycles. The highest BCUT2D eigenvalue weighted by molar-refractivity contribution is 7.98. The van der Waals surface area contributed by atoms with Crippen LogP contribution in [0.15, 0.2) is 5.03 Å². The van der Waals surface area contributed by atoms with Gasteiger partial charge in [-0.3, -0.25) is 5.10 Å². The minimum Gasteiger partial charge on any atom is -0.326 e. The van der Waals surface area contributed by atoms with Gasteiger partial charge in [0.05, 0.1) is 0 Å². The summed E-state index contributed by atoms with van der Waals surface area (Å²) in [6.45, 7) is 3.71. The first-order valence-electron chi connectivity index (χ1n) is 5.17. The Balaban J connectivity index is 2.97. The number of hydrogen-bond acceptors (Lipinski definition) is 5. The van der Waals surface area contributed by atoms with E-state index in [9.17, 15) is 8.42 Å². The number of H-pyrrole nitrogens is 1. The van der Waals surface area contributed by atoms with Crippen LogP contribution in [0.2, 0.25) is 0 Å². The van der Waals surface area contributed by atoms with Crippen molar-refractivity contribution in [1.29, 1.82) is 0 Å². The van der Waals surface area contributed by atoms with Gasteiger partial charge in [0.2, 0.25) is 0 Å². The number of nitrogens with one attached hydrogen (secondary N) is 2. The summed E-state index contributed by atoms with van der Waals surface area (Å²) in [6, 6.07) is -0.141. The smallest absolute Gasteiger partial charge is 0.260 e. The Kier molecular flexibility index (Phi) is 4.99. The van der Waals surface area contributed by atoms with E-state index >= 15 is 0 Å². The maximum atomic E-state index is 12.1. The van der Waals surface area contributed by atoms with E-state index in [1.54, 1.807) is 18.7 Å². The molecule has 4 N–H and O–H groups in total. The highest BCUT2D eigenvalue weighted by Gasteiger charge is 2.24. The number of rotatable bonds is 6. The first kappa shape index (κ1) is 14.5. The molecule has 1 heterocycles. The standard InChI is InChI=1S/C9H18N4O2S2/c1-6(5-16-3)13-17(14,15)9-8(4-10)7(2)11-12-9/h6,13H,4-5,10H2,1-3H3,(H,11,12). The molecule has 0 spiro atoms. The van der Waals surface area contributed by atoms with Crippen molar-refractivity contribution in [2.24, 2.45) is 5.73 Å². The van der Waals surface area contributed by atoms with Gasteiger partial charge in [-0.1, -0.05) is 0 Å². The molecule has 0 amide bonds. The maximum Gasteiger partial charge on any atom is 0.260 e. The molecule has 98 valence electrons. The fourth-order valence-corrected chi connectivity index (χ4v) is 3.64. The van der Waals surface area contributed by atoms with E-state index in [1.807, 2.05) is 13.2 Å². The number of thioether (sulfide) groups is 1. The lowest BCUT2D eigenvalue weighted by Gasteiger charge is -2.12. The summed E-state index contributed by atoms with van der Waals surface area (Å²) < 4.78 is 26.7. The molecule has 6 nitrogen and oxygen atoms in total. The highest BCUT2D eigenvalue weighted by atomic mass is 32.2. The third-order valence-corrected chi connectivity index (χ3v) is 4.66. The van der Waals surface area contributed by atoms with Gasteiger partial charge in [0.25, 0.3) is 10.0 Å². The second-order valence-electron chi connectivity index (χ2n) is 3.81. The van der Waals surface area contributed by atoms with Crippen LogP contribution in [0.5, 0.6) is 0 Å². The van der Waals surface area contributed by atoms with Gasteiger partial charge < -0.3 is 5.73 Å². The van der Waals surface area contributed by atoms with Crippen LogP contribution in [-0.2, 0) is 16.6 Å². The largest absolute Gasteiger partial charge is 0.326 e. The van der Waals surface area contributed by atoms with Crippen molar-refractivity contribution in [3.05, 3.63) is 11.3 Å². The van der Waals surface area contributed by atoms with Crippen LogP contribution in [0.4, 0.5) is 0 Å². The van der Waals surface area contributed by atoms with Crippen molar-refractivity contribution in [1.82, 2.24) is 14.9 Å². The number of aryl methyl sites for hydroxylation is 1. The molecule has 0 aromatic carbocycles. The van der Waals surface area contributed by atoms with Crippen LogP contribution in [0.3, 0.4) is 0 Å². The second kappa shape index (κ2) is 5.85. The molecule has 1 aromatic heterocycles. The molecule has 1 atom stereocenters. The van der Waals surface area contributed by atoms with Gasteiger partial charge in [-0.05, 0) is 20.1 Å². The lowest BCUT2D eigenvalue weighted by Crippen LogP contribution is -2.35. The normalized spacial score (nSPS) is 13.9. The molecule has 0 saturated carbocycles. The Labute approximate surface area is 106 Å². The number of aromatic amines is 1. The third kappa shape index (κ3) is 3.44. The Hall–Kier alpha value is -0.570. The van der Waals surface area contributed by atoms with Crippen LogP contribution < -0.4 is 10.5 Å². The van der Waals surface area contributed by atoms with E-state index in [1.165, 1.54) is 0 Å². The van der Waals surface area contributed by atoms with Crippen molar-refractivity contribution in [3.8, 4) is 0 Å². The maximum absolute atomic E-state index is 12.1. The summed E-state index contributed by atoms with van der Waals surface area (Å²) >= 11 is 1.58. The summed E-state index contributed by atoms with van der Waals surface area (Å²) in [5, 5.41) is 6.46. The van der Waals surface area contributed by atoms with Crippen LogP contribution in [0.1, 0.15) is 18.2 Å². The zero-order chi connectivity index (χ0) is 13.1. The molecule has 0 bridgehead atoms. The van der Waals surface area contributed by atoms with Crippen molar-refractivity contribution in [3.63, 3.8) is 0 Å². The molecule has 0 fully saturated rings. The fourth-order valence-electron chi connectivity index (χ4n) is 1.50. The minimum atomic E-state index is -3.59. The summed E-state index contributed by atoms with van der Waals surface area (Å²) in [4.78, 5) is 0. The van der Waals surface area contributed by atoms with Crippen LogP contribution in [-0.4, -0.2) is 36.7 Å². The molecule has 17 heavy (non-hydrogen) atoms. The second-order valence-corrected chi connectivity index (χ2v) is 6.35. The summed E-state index contributed by atoms with van der Waals surface area (Å²) in [5.41, 5.74) is 6.75. The Bertz CT molecular complexity index is 469. The van der Waals surface area contributed by atoms with Crippen LogP contribution >= 0.6 is 11.8 Å². The molecule has 1 aromatic rings. The number of aromatic nitrogens is 2. The summed E-state index contributed by atoms with van der Waals surface area (Å²) in [5.74, 6) is 0.709. The Morgan fingerprint density at radius 2 is 2.24 bits per heavy atom. The van der Waals surface area contributed by atoms with Crippen molar-refractivity contribution < 1.29 is 8.42 Å². The number of hydrogen-bond donors (Lipinski definition) is 3. The number of nitrogens with zero attached hydrogens (tertiary/aromatic N) is 1. The van der Waals surface area contributed by atoms with E-state index in [0.717, 1.165) is 0 Å². The lowest BCUT2D eigenvalue weighted by molar-refractivity contribution is 0.565. The number of nitrogens with two attached hydrogens (primary N) is 1. The van der Waals surface area contributed by atoms with E-state index in [4.69, 9.17) is 5.73 Å². The molecular formula is C9H18N4O2S2. The predicted molar refractivity (Wildman–Crippen MR) is 69.4 cm³/mol. The Morgan fingerprint density at radius 3 is 2.76 bits per heavy atom. The number of sulfonamides is 1. The topological polar surface area (TPSA) is 101 Å². The van der Waals surface area contributed by atoms with Gasteiger partial charge in [-0.15, -0.1) is 0 Å². The van der Waals surface area contributed by atoms with Crippen molar-refractivity contribution in [2.75, 3.05) is 12.0 Å². The molecule has 0 aliphatic rings. The van der Waals surface area contributed by atoms with E-state index in [0.29, 0.717) is 17.0 Å². The first-order valence-corrected chi connectivity index (χ1v) is 8.05. The molecule has 0 radical (unpaired) electrons. The summed E-state index contributed by atoms with van der Waals surface area (Å²) in [6.07, 6.45) is 1.93. The van der Waals surface area contributed by atoms with Gasteiger partial charge in [0.15, 0.2) is 5.03 Å². The van der Waals surface area contributed by atoms with E-state index < -0.39 is 10.0 Å². The molecule has 8 heteroatoms. The zero-order valence-electron chi connectivity index (χ0n) is 10.1. The van der Waals surface area contributed by atoms with Crippen LogP contribution in [0.25, 0.3) is 0 Å². The average molecular weight is 278 g/mol. The molecular weight excluding hydrogens is 260 g/mol. The van der Waals surface area contributed by atoms with Crippen molar-refractivity contribution in [2.45, 2.75) is 31.5 Å². The average Bonchev–Trinajstić information content (AvgIpc) is 2.59. The monoisotopic (exact) mass is 278 g/mol. The van der Waals surface area contributed by atoms with Gasteiger partial charge >= 0.3 is 0 Å².